The van der Waals surface area contributed by atoms with Crippen LogP contribution in [-0.2, 0) is 9.53 Å². The maximum Gasteiger partial charge on any atom is 0.355 e. The standard InChI is InChI=1S/C19H20Cl2N6O5/c1-2-32-19(29)11-5-7-26(8-6-11)17-15(27(30)31)16(22-10-23-17)24-25-18(28)13-4-3-12(20)9-14(13)21/h3-4,9-11H,2,5-8H2,1H3,(H,25,28)(H,22,23,24). The highest BCUT2D eigenvalue weighted by molar-refractivity contribution is 6.36. The fraction of sp³-hybridized carbons (Fsp3) is 0.368. The van der Waals surface area contributed by atoms with Gasteiger partial charge >= 0.3 is 11.7 Å². The number of hydrogen-bond donors (Lipinski definition) is 2. The van der Waals surface area contributed by atoms with Gasteiger partial charge in [-0.3, -0.25) is 30.6 Å². The van der Waals surface area contributed by atoms with E-state index in [9.17, 15) is 19.7 Å². The minimum Gasteiger partial charge on any atom is -0.466 e. The van der Waals surface area contributed by atoms with Crippen LogP contribution in [-0.4, -0.2) is 46.5 Å². The first-order valence-electron chi connectivity index (χ1n) is 9.74. The van der Waals surface area contributed by atoms with Crippen molar-refractivity contribution in [3.05, 3.63) is 50.2 Å². The Morgan fingerprint density at radius 1 is 1.28 bits per heavy atom. The second kappa shape index (κ2) is 10.4. The highest BCUT2D eigenvalue weighted by atomic mass is 35.5. The predicted octanol–water partition coefficient (Wildman–Crippen LogP) is 3.23. The van der Waals surface area contributed by atoms with Crippen LogP contribution in [0.3, 0.4) is 0 Å². The normalized spacial score (nSPS) is 14.0. The molecule has 0 bridgehead atoms. The molecule has 1 aromatic heterocycles. The zero-order chi connectivity index (χ0) is 23.3. The molecule has 1 amide bonds. The summed E-state index contributed by atoms with van der Waals surface area (Å²) in [7, 11) is 0. The van der Waals surface area contributed by atoms with Gasteiger partial charge in [-0.2, -0.15) is 0 Å². The Balaban J connectivity index is 1.75. The number of aromatic nitrogens is 2. The van der Waals surface area contributed by atoms with Crippen molar-refractivity contribution in [2.45, 2.75) is 19.8 Å². The van der Waals surface area contributed by atoms with Crippen LogP contribution in [0.5, 0.6) is 0 Å². The number of piperidine rings is 1. The van der Waals surface area contributed by atoms with E-state index in [0.29, 0.717) is 37.6 Å². The molecule has 1 aliphatic rings. The van der Waals surface area contributed by atoms with E-state index >= 15 is 0 Å². The average molecular weight is 483 g/mol. The summed E-state index contributed by atoms with van der Waals surface area (Å²) in [5.74, 6) is -1.25. The van der Waals surface area contributed by atoms with E-state index in [0.717, 1.165) is 6.33 Å². The van der Waals surface area contributed by atoms with E-state index in [2.05, 4.69) is 20.8 Å². The predicted molar refractivity (Wildman–Crippen MR) is 118 cm³/mol. The molecule has 11 nitrogen and oxygen atoms in total. The summed E-state index contributed by atoms with van der Waals surface area (Å²) in [6.07, 6.45) is 2.12. The number of hydrogen-bond acceptors (Lipinski definition) is 9. The lowest BCUT2D eigenvalue weighted by Gasteiger charge is -2.31. The molecule has 1 saturated heterocycles. The summed E-state index contributed by atoms with van der Waals surface area (Å²) in [4.78, 5) is 45.2. The van der Waals surface area contributed by atoms with Gasteiger partial charge in [-0.25, -0.2) is 9.97 Å². The van der Waals surface area contributed by atoms with E-state index in [4.69, 9.17) is 27.9 Å². The van der Waals surface area contributed by atoms with Gasteiger partial charge in [0.1, 0.15) is 6.33 Å². The first-order chi connectivity index (χ1) is 15.3. The van der Waals surface area contributed by atoms with Gasteiger partial charge in [-0.1, -0.05) is 23.2 Å². The van der Waals surface area contributed by atoms with Crippen LogP contribution in [0.1, 0.15) is 30.1 Å². The van der Waals surface area contributed by atoms with Crippen molar-refractivity contribution in [2.75, 3.05) is 30.0 Å². The number of nitrogens with zero attached hydrogens (tertiary/aromatic N) is 4. The lowest BCUT2D eigenvalue weighted by atomic mass is 9.97. The molecule has 1 fully saturated rings. The number of ether oxygens (including phenoxy) is 1. The number of nitro groups is 1. The number of benzene rings is 1. The summed E-state index contributed by atoms with van der Waals surface area (Å²) in [6.45, 7) is 2.81. The summed E-state index contributed by atoms with van der Waals surface area (Å²) in [6, 6.07) is 4.33. The van der Waals surface area contributed by atoms with Crippen molar-refractivity contribution in [3.8, 4) is 0 Å². The first kappa shape index (κ1) is 23.5. The quantitative estimate of drug-likeness (QED) is 0.345. The van der Waals surface area contributed by atoms with Crippen molar-refractivity contribution in [1.29, 1.82) is 0 Å². The number of amides is 1. The Bertz CT molecular complexity index is 1030. The number of carbonyl (C=O) groups is 2. The number of hydrazine groups is 1. The number of carbonyl (C=O) groups excluding carboxylic acids is 2. The molecule has 170 valence electrons. The van der Waals surface area contributed by atoms with E-state index < -0.39 is 16.5 Å². The van der Waals surface area contributed by atoms with Crippen LogP contribution in [0.25, 0.3) is 0 Å². The number of rotatable bonds is 7. The van der Waals surface area contributed by atoms with Gasteiger partial charge in [-0.05, 0) is 38.0 Å². The van der Waals surface area contributed by atoms with Crippen LogP contribution >= 0.6 is 23.2 Å². The minimum absolute atomic E-state index is 0.0913. The molecule has 1 aromatic carbocycles. The number of nitrogens with one attached hydrogen (secondary N) is 2. The Labute approximate surface area is 193 Å². The molecule has 2 N–H and O–H groups in total. The second-order valence-electron chi connectivity index (χ2n) is 6.87. The molecule has 1 aliphatic heterocycles. The van der Waals surface area contributed by atoms with Crippen molar-refractivity contribution in [1.82, 2.24) is 15.4 Å². The molecule has 2 aromatic rings. The van der Waals surface area contributed by atoms with E-state index in [1.54, 1.807) is 11.8 Å². The fourth-order valence-electron chi connectivity index (χ4n) is 3.30. The summed E-state index contributed by atoms with van der Waals surface area (Å²) < 4.78 is 5.05. The zero-order valence-corrected chi connectivity index (χ0v) is 18.5. The fourth-order valence-corrected chi connectivity index (χ4v) is 3.80. The number of halogens is 2. The zero-order valence-electron chi connectivity index (χ0n) is 17.0. The Hall–Kier alpha value is -3.18. The summed E-state index contributed by atoms with van der Waals surface area (Å²) in [5, 5.41) is 12.3. The third-order valence-electron chi connectivity index (χ3n) is 4.87. The van der Waals surface area contributed by atoms with Crippen LogP contribution in [0.4, 0.5) is 17.3 Å². The van der Waals surface area contributed by atoms with Crippen LogP contribution < -0.4 is 15.8 Å². The maximum atomic E-state index is 12.4. The molecule has 3 rings (SSSR count). The van der Waals surface area contributed by atoms with Crippen LogP contribution in [0.15, 0.2) is 24.5 Å². The summed E-state index contributed by atoms with van der Waals surface area (Å²) >= 11 is 11.9. The molecule has 2 heterocycles. The monoisotopic (exact) mass is 482 g/mol. The number of anilines is 2. The van der Waals surface area contributed by atoms with E-state index in [1.807, 2.05) is 0 Å². The van der Waals surface area contributed by atoms with Gasteiger partial charge in [0.15, 0.2) is 0 Å². The Morgan fingerprint density at radius 2 is 2.00 bits per heavy atom. The van der Waals surface area contributed by atoms with Crippen molar-refractivity contribution >= 4 is 52.4 Å². The summed E-state index contributed by atoms with van der Waals surface area (Å²) in [5.41, 5.74) is 4.55. The SMILES string of the molecule is CCOC(=O)C1CCN(c2ncnc(NNC(=O)c3ccc(Cl)cc3Cl)c2[N+](=O)[O-])CC1. The molecule has 0 atom stereocenters. The molecule has 0 radical (unpaired) electrons. The first-order valence-corrected chi connectivity index (χ1v) is 10.5. The highest BCUT2D eigenvalue weighted by Crippen LogP contribution is 2.34. The van der Waals surface area contributed by atoms with Crippen LogP contribution in [0, 0.1) is 16.0 Å². The van der Waals surface area contributed by atoms with Crippen molar-refractivity contribution in [2.24, 2.45) is 5.92 Å². The Morgan fingerprint density at radius 3 is 2.62 bits per heavy atom. The third kappa shape index (κ3) is 5.35. The van der Waals surface area contributed by atoms with Gasteiger partial charge in [0.25, 0.3) is 5.91 Å². The van der Waals surface area contributed by atoms with Crippen molar-refractivity contribution in [3.63, 3.8) is 0 Å². The molecule has 0 aliphatic carbocycles. The largest absolute Gasteiger partial charge is 0.466 e. The van der Waals surface area contributed by atoms with Gasteiger partial charge in [0, 0.05) is 18.1 Å². The minimum atomic E-state index is -0.628. The average Bonchev–Trinajstić information content (AvgIpc) is 2.77. The van der Waals surface area contributed by atoms with Crippen molar-refractivity contribution < 1.29 is 19.2 Å². The molecule has 0 saturated carbocycles. The molecule has 13 heteroatoms. The molecular formula is C19H20Cl2N6O5. The molecule has 0 spiro atoms. The highest BCUT2D eigenvalue weighted by Gasteiger charge is 2.32. The smallest absolute Gasteiger partial charge is 0.355 e. The van der Waals surface area contributed by atoms with E-state index in [-0.39, 0.29) is 34.1 Å². The third-order valence-corrected chi connectivity index (χ3v) is 5.42. The van der Waals surface area contributed by atoms with Crippen LogP contribution in [0.2, 0.25) is 10.0 Å². The van der Waals surface area contributed by atoms with E-state index in [1.165, 1.54) is 18.2 Å². The second-order valence-corrected chi connectivity index (χ2v) is 7.71. The van der Waals surface area contributed by atoms with Gasteiger partial charge in [0.2, 0.25) is 11.6 Å². The molecule has 0 unspecified atom stereocenters. The van der Waals surface area contributed by atoms with Gasteiger partial charge in [-0.15, -0.1) is 0 Å². The lowest BCUT2D eigenvalue weighted by Crippen LogP contribution is -2.38. The maximum absolute atomic E-state index is 12.4. The Kier molecular flexibility index (Phi) is 7.65. The molecular weight excluding hydrogens is 463 g/mol. The van der Waals surface area contributed by atoms with Gasteiger partial charge < -0.3 is 9.64 Å². The topological polar surface area (TPSA) is 140 Å². The lowest BCUT2D eigenvalue weighted by molar-refractivity contribution is -0.383. The number of esters is 1. The van der Waals surface area contributed by atoms with Gasteiger partial charge in [0.05, 0.1) is 28.0 Å². The molecule has 32 heavy (non-hydrogen) atoms.